The van der Waals surface area contributed by atoms with Crippen molar-refractivity contribution < 1.29 is 13.2 Å². The monoisotopic (exact) mass is 486 g/mol. The molecule has 2 aromatic carbocycles. The van der Waals surface area contributed by atoms with Crippen LogP contribution in [0.25, 0.3) is 10.9 Å². The van der Waals surface area contributed by atoms with Gasteiger partial charge in [-0.05, 0) is 36.6 Å². The largest absolute Gasteiger partial charge is 0.344 e. The number of carbonyl (C=O) groups is 1. The zero-order valence-corrected chi connectivity index (χ0v) is 20.6. The second-order valence-electron chi connectivity index (χ2n) is 8.36. The summed E-state index contributed by atoms with van der Waals surface area (Å²) in [7, 11) is 0.350. The summed E-state index contributed by atoms with van der Waals surface area (Å²) in [4.78, 5) is 39.3. The van der Waals surface area contributed by atoms with E-state index in [1.165, 1.54) is 41.8 Å². The van der Waals surface area contributed by atoms with Crippen molar-refractivity contribution >= 4 is 26.8 Å². The van der Waals surface area contributed by atoms with E-state index in [0.29, 0.717) is 12.1 Å². The van der Waals surface area contributed by atoms with Gasteiger partial charge in [-0.15, -0.1) is 0 Å². The lowest BCUT2D eigenvalue weighted by atomic mass is 10.1. The molecule has 0 aliphatic heterocycles. The molecule has 0 aliphatic rings. The molecule has 1 amide bonds. The Hall–Kier alpha value is -3.24. The van der Waals surface area contributed by atoms with Gasteiger partial charge in [0.1, 0.15) is 6.04 Å². The quantitative estimate of drug-likeness (QED) is 0.491. The van der Waals surface area contributed by atoms with E-state index in [-0.39, 0.29) is 22.6 Å². The molecule has 0 unspecified atom stereocenters. The number of nitrogens with zero attached hydrogens (tertiary/aromatic N) is 3. The highest BCUT2D eigenvalue weighted by Gasteiger charge is 2.28. The van der Waals surface area contributed by atoms with Crippen LogP contribution in [0.4, 0.5) is 0 Å². The van der Waals surface area contributed by atoms with Crippen LogP contribution in [0.2, 0.25) is 0 Å². The SMILES string of the molecule is CCCCN(C)C(=O)[C@H](Cc1ccccc1)NS(=O)(=O)c1ccc2c(c1)c(=O)n(C)c(=O)n2C. The van der Waals surface area contributed by atoms with Crippen LogP contribution in [0.1, 0.15) is 25.3 Å². The van der Waals surface area contributed by atoms with Crippen molar-refractivity contribution in [2.45, 2.75) is 37.1 Å². The van der Waals surface area contributed by atoms with Gasteiger partial charge in [0.25, 0.3) is 5.56 Å². The number of carbonyl (C=O) groups excluding carboxylic acids is 1. The zero-order valence-electron chi connectivity index (χ0n) is 19.8. The van der Waals surface area contributed by atoms with Crippen molar-refractivity contribution in [1.29, 1.82) is 0 Å². The van der Waals surface area contributed by atoms with E-state index < -0.39 is 27.3 Å². The molecule has 182 valence electrons. The van der Waals surface area contributed by atoms with Gasteiger partial charge in [0.05, 0.1) is 15.8 Å². The first-order valence-corrected chi connectivity index (χ1v) is 12.6. The highest BCUT2D eigenvalue weighted by Crippen LogP contribution is 2.17. The third-order valence-electron chi connectivity index (χ3n) is 5.85. The van der Waals surface area contributed by atoms with Crippen LogP contribution in [0.15, 0.2) is 63.0 Å². The molecule has 9 nitrogen and oxygen atoms in total. The van der Waals surface area contributed by atoms with Crippen LogP contribution in [-0.4, -0.2) is 48.0 Å². The molecule has 3 rings (SSSR count). The Morgan fingerprint density at radius 1 is 1.06 bits per heavy atom. The van der Waals surface area contributed by atoms with Crippen molar-refractivity contribution in [1.82, 2.24) is 18.8 Å². The van der Waals surface area contributed by atoms with Gasteiger partial charge >= 0.3 is 5.69 Å². The van der Waals surface area contributed by atoms with E-state index in [0.717, 1.165) is 23.0 Å². The van der Waals surface area contributed by atoms with Crippen LogP contribution in [0.3, 0.4) is 0 Å². The zero-order chi connectivity index (χ0) is 25.0. The molecule has 0 bridgehead atoms. The number of benzene rings is 2. The summed E-state index contributed by atoms with van der Waals surface area (Å²) >= 11 is 0. The second-order valence-corrected chi connectivity index (χ2v) is 10.1. The van der Waals surface area contributed by atoms with E-state index in [1.54, 1.807) is 7.05 Å². The minimum absolute atomic E-state index is 0.0958. The molecule has 0 saturated carbocycles. The summed E-state index contributed by atoms with van der Waals surface area (Å²) in [5, 5.41) is 0.0958. The number of sulfonamides is 1. The Morgan fingerprint density at radius 3 is 2.38 bits per heavy atom. The predicted molar refractivity (Wildman–Crippen MR) is 131 cm³/mol. The van der Waals surface area contributed by atoms with Gasteiger partial charge < -0.3 is 4.90 Å². The Balaban J connectivity index is 2.00. The van der Waals surface area contributed by atoms with Gasteiger partial charge in [-0.2, -0.15) is 4.72 Å². The first-order chi connectivity index (χ1) is 16.1. The number of fused-ring (bicyclic) bond motifs is 1. The number of hydrogen-bond donors (Lipinski definition) is 1. The molecule has 1 aromatic heterocycles. The fourth-order valence-corrected chi connectivity index (χ4v) is 5.01. The van der Waals surface area contributed by atoms with Gasteiger partial charge in [0.15, 0.2) is 0 Å². The maximum absolute atomic E-state index is 13.3. The van der Waals surface area contributed by atoms with Gasteiger partial charge in [0, 0.05) is 27.7 Å². The molecule has 0 radical (unpaired) electrons. The fourth-order valence-electron chi connectivity index (χ4n) is 3.80. The normalized spacial score (nSPS) is 12.6. The molecule has 0 saturated heterocycles. The van der Waals surface area contributed by atoms with Crippen molar-refractivity contribution in [2.75, 3.05) is 13.6 Å². The smallest absolute Gasteiger partial charge is 0.330 e. The van der Waals surface area contributed by atoms with Crippen LogP contribution in [0, 0.1) is 0 Å². The number of nitrogens with one attached hydrogen (secondary N) is 1. The summed E-state index contributed by atoms with van der Waals surface area (Å²) in [6.07, 6.45) is 1.89. The van der Waals surface area contributed by atoms with Crippen molar-refractivity contribution in [3.05, 3.63) is 74.9 Å². The summed E-state index contributed by atoms with van der Waals surface area (Å²) < 4.78 is 31.4. The number of rotatable bonds is 9. The topological polar surface area (TPSA) is 110 Å². The second kappa shape index (κ2) is 10.4. The molecule has 10 heteroatoms. The van der Waals surface area contributed by atoms with Crippen LogP contribution < -0.4 is 16.0 Å². The maximum Gasteiger partial charge on any atom is 0.330 e. The molecule has 1 N–H and O–H groups in total. The predicted octanol–water partition coefficient (Wildman–Crippen LogP) is 1.39. The minimum Gasteiger partial charge on any atom is -0.344 e. The fraction of sp³-hybridized carbons (Fsp3) is 0.375. The summed E-state index contributed by atoms with van der Waals surface area (Å²) in [5.74, 6) is -0.333. The summed E-state index contributed by atoms with van der Waals surface area (Å²) in [6, 6.07) is 12.1. The average Bonchev–Trinajstić information content (AvgIpc) is 2.83. The molecule has 1 atom stereocenters. The van der Waals surface area contributed by atoms with Crippen LogP contribution >= 0.6 is 0 Å². The van der Waals surface area contributed by atoms with Crippen molar-refractivity contribution in [3.63, 3.8) is 0 Å². The lowest BCUT2D eigenvalue weighted by Crippen LogP contribution is -2.48. The highest BCUT2D eigenvalue weighted by atomic mass is 32.2. The third-order valence-corrected chi connectivity index (χ3v) is 7.32. The first kappa shape index (κ1) is 25.4. The van der Waals surface area contributed by atoms with E-state index in [2.05, 4.69) is 4.72 Å². The Bertz CT molecular complexity index is 1410. The van der Waals surface area contributed by atoms with Gasteiger partial charge in [-0.1, -0.05) is 43.7 Å². The number of unbranched alkanes of at least 4 members (excludes halogenated alkanes) is 1. The lowest BCUT2D eigenvalue weighted by molar-refractivity contribution is -0.131. The maximum atomic E-state index is 13.3. The van der Waals surface area contributed by atoms with E-state index in [9.17, 15) is 22.8 Å². The average molecular weight is 487 g/mol. The molecule has 0 spiro atoms. The van der Waals surface area contributed by atoms with E-state index in [4.69, 9.17) is 0 Å². The number of amides is 1. The van der Waals surface area contributed by atoms with E-state index >= 15 is 0 Å². The standard InChI is InChI=1S/C24H30N4O5S/c1-5-6-14-26(2)23(30)20(15-17-10-8-7-9-11-17)25-34(32,33)18-12-13-21-19(16-18)22(29)28(4)24(31)27(21)3/h7-13,16,20,25H,5-6,14-15H2,1-4H3/t20-/m0/s1. The number of hydrogen-bond acceptors (Lipinski definition) is 5. The van der Waals surface area contributed by atoms with Gasteiger partial charge in [0.2, 0.25) is 15.9 Å². The Kier molecular flexibility index (Phi) is 7.73. The summed E-state index contributed by atoms with van der Waals surface area (Å²) in [6.45, 7) is 2.53. The Labute approximate surface area is 198 Å². The van der Waals surface area contributed by atoms with Gasteiger partial charge in [-0.3, -0.25) is 18.7 Å². The van der Waals surface area contributed by atoms with Crippen LogP contribution in [0.5, 0.6) is 0 Å². The lowest BCUT2D eigenvalue weighted by Gasteiger charge is -2.25. The van der Waals surface area contributed by atoms with Crippen molar-refractivity contribution in [2.24, 2.45) is 14.1 Å². The molecule has 0 aliphatic carbocycles. The molecule has 0 fully saturated rings. The number of aryl methyl sites for hydroxylation is 1. The molecular weight excluding hydrogens is 456 g/mol. The number of likely N-dealkylation sites (N-methyl/N-ethyl adjacent to an activating group) is 1. The first-order valence-electron chi connectivity index (χ1n) is 11.1. The van der Waals surface area contributed by atoms with Crippen molar-refractivity contribution in [3.8, 4) is 0 Å². The minimum atomic E-state index is -4.16. The van der Waals surface area contributed by atoms with Gasteiger partial charge in [-0.25, -0.2) is 13.2 Å². The molecule has 3 aromatic rings. The Morgan fingerprint density at radius 2 is 1.74 bits per heavy atom. The summed E-state index contributed by atoms with van der Waals surface area (Å²) in [5.41, 5.74) is 0.0410. The highest BCUT2D eigenvalue weighted by molar-refractivity contribution is 7.89. The number of aromatic nitrogens is 2. The third kappa shape index (κ3) is 5.28. The van der Waals surface area contributed by atoms with E-state index in [1.807, 2.05) is 37.3 Å². The molecule has 1 heterocycles. The molecule has 34 heavy (non-hydrogen) atoms. The molecular formula is C24H30N4O5S. The van der Waals surface area contributed by atoms with Crippen LogP contribution in [-0.2, 0) is 35.3 Å².